The number of rotatable bonds is 3. The van der Waals surface area contributed by atoms with E-state index in [9.17, 15) is 9.59 Å². The number of hydrogen-bond acceptors (Lipinski definition) is 4. The molecular weight excluding hydrogens is 342 g/mol. The largest absolute Gasteiger partial charge is 0.361 e. The Morgan fingerprint density at radius 3 is 2.93 bits per heavy atom. The number of nitrogens with one attached hydrogen (secondary N) is 2. The number of nitrogens with zero attached hydrogens (tertiary/aromatic N) is 3. The van der Waals surface area contributed by atoms with Gasteiger partial charge in [-0.3, -0.25) is 9.59 Å². The van der Waals surface area contributed by atoms with E-state index in [0.717, 1.165) is 24.4 Å². The van der Waals surface area contributed by atoms with Crippen LogP contribution in [-0.4, -0.2) is 45.0 Å². The molecule has 0 saturated carbocycles. The number of anilines is 1. The highest BCUT2D eigenvalue weighted by molar-refractivity contribution is 6.02. The van der Waals surface area contributed by atoms with Crippen molar-refractivity contribution in [3.63, 3.8) is 0 Å². The molecule has 1 aromatic heterocycles. The van der Waals surface area contributed by atoms with Crippen LogP contribution in [0.2, 0.25) is 0 Å². The second-order valence-corrected chi connectivity index (χ2v) is 7.60. The van der Waals surface area contributed by atoms with Gasteiger partial charge in [0.1, 0.15) is 11.5 Å². The van der Waals surface area contributed by atoms with Gasteiger partial charge in [0.25, 0.3) is 5.91 Å². The summed E-state index contributed by atoms with van der Waals surface area (Å²) in [6.45, 7) is 5.68. The molecule has 1 spiro atoms. The van der Waals surface area contributed by atoms with E-state index in [1.807, 2.05) is 53.8 Å². The third-order valence-corrected chi connectivity index (χ3v) is 5.52. The molecule has 7 nitrogen and oxygen atoms in total. The van der Waals surface area contributed by atoms with E-state index in [4.69, 9.17) is 0 Å². The van der Waals surface area contributed by atoms with Crippen molar-refractivity contribution < 1.29 is 9.59 Å². The first-order chi connectivity index (χ1) is 13.0. The molecule has 2 amide bonds. The van der Waals surface area contributed by atoms with Crippen LogP contribution in [0.25, 0.3) is 0 Å². The van der Waals surface area contributed by atoms with Gasteiger partial charge in [-0.1, -0.05) is 19.1 Å². The predicted octanol–water partition coefficient (Wildman–Crippen LogP) is 2.00. The summed E-state index contributed by atoms with van der Waals surface area (Å²) in [5.74, 6) is 0.778. The summed E-state index contributed by atoms with van der Waals surface area (Å²) in [5.41, 5.74) is 0.887. The molecular formula is C20H25N5O2. The Bertz CT molecular complexity index is 877. The second-order valence-electron chi connectivity index (χ2n) is 7.60. The molecule has 0 bridgehead atoms. The van der Waals surface area contributed by atoms with Crippen LogP contribution in [0, 0.1) is 12.8 Å². The van der Waals surface area contributed by atoms with E-state index in [2.05, 4.69) is 15.6 Å². The van der Waals surface area contributed by atoms with Crippen LogP contribution in [0.3, 0.4) is 0 Å². The van der Waals surface area contributed by atoms with Gasteiger partial charge in [0.2, 0.25) is 5.91 Å². The average Bonchev–Trinajstić information content (AvgIpc) is 3.05. The van der Waals surface area contributed by atoms with Gasteiger partial charge in [-0.05, 0) is 31.9 Å². The predicted molar refractivity (Wildman–Crippen MR) is 102 cm³/mol. The highest BCUT2D eigenvalue weighted by Gasteiger charge is 2.42. The van der Waals surface area contributed by atoms with Crippen molar-refractivity contribution in [2.45, 2.75) is 38.9 Å². The maximum atomic E-state index is 13.0. The summed E-state index contributed by atoms with van der Waals surface area (Å²) in [7, 11) is 0. The highest BCUT2D eigenvalue weighted by atomic mass is 16.2. The summed E-state index contributed by atoms with van der Waals surface area (Å²) >= 11 is 0. The molecule has 7 heteroatoms. The molecule has 2 aromatic rings. The van der Waals surface area contributed by atoms with Crippen molar-refractivity contribution in [3.8, 4) is 0 Å². The first-order valence-electron chi connectivity index (χ1n) is 9.44. The normalized spacial score (nSPS) is 22.7. The number of para-hydroxylation sites is 1. The van der Waals surface area contributed by atoms with Crippen molar-refractivity contribution in [1.82, 2.24) is 19.8 Å². The molecule has 4 rings (SSSR count). The van der Waals surface area contributed by atoms with Gasteiger partial charge in [0.05, 0.1) is 18.0 Å². The number of benzene rings is 1. The molecule has 142 valence electrons. The lowest BCUT2D eigenvalue weighted by molar-refractivity contribution is -0.137. The molecule has 0 unspecified atom stereocenters. The molecule has 2 atom stereocenters. The van der Waals surface area contributed by atoms with Crippen molar-refractivity contribution in [3.05, 3.63) is 48.0 Å². The number of aryl methyl sites for hydroxylation is 1. The zero-order valence-electron chi connectivity index (χ0n) is 15.7. The van der Waals surface area contributed by atoms with Crippen LogP contribution in [0.4, 0.5) is 5.69 Å². The smallest absolute Gasteiger partial charge is 0.255 e. The lowest BCUT2D eigenvalue weighted by atomic mass is 9.92. The van der Waals surface area contributed by atoms with E-state index < -0.39 is 5.66 Å². The number of likely N-dealkylation sites (tertiary alicyclic amines) is 1. The molecule has 2 N–H and O–H groups in total. The van der Waals surface area contributed by atoms with Crippen LogP contribution in [0.5, 0.6) is 0 Å². The Labute approximate surface area is 158 Å². The third kappa shape index (κ3) is 3.29. The first kappa shape index (κ1) is 17.6. The van der Waals surface area contributed by atoms with Crippen LogP contribution < -0.4 is 10.6 Å². The zero-order valence-corrected chi connectivity index (χ0v) is 15.7. The molecule has 1 fully saturated rings. The average molecular weight is 367 g/mol. The second kappa shape index (κ2) is 6.72. The molecule has 1 aromatic carbocycles. The van der Waals surface area contributed by atoms with Crippen LogP contribution in [0.15, 0.2) is 36.7 Å². The first-order valence-corrected chi connectivity index (χ1v) is 9.44. The Morgan fingerprint density at radius 1 is 1.33 bits per heavy atom. The van der Waals surface area contributed by atoms with E-state index in [1.165, 1.54) is 0 Å². The summed E-state index contributed by atoms with van der Waals surface area (Å²) in [6.07, 6.45) is 5.29. The minimum absolute atomic E-state index is 0.0827. The fraction of sp³-hybridized carbons (Fsp3) is 0.450. The van der Waals surface area contributed by atoms with E-state index in [0.29, 0.717) is 25.2 Å². The molecule has 1 saturated heterocycles. The quantitative estimate of drug-likeness (QED) is 0.870. The number of amides is 2. The fourth-order valence-corrected chi connectivity index (χ4v) is 4.09. The number of fused-ring (bicyclic) bond motifs is 1. The standard InChI is InChI=1S/C20H25N5O2/c1-14(12-24-11-9-21-15(24)2)19(27)25-10-5-8-20(13-25)22-17-7-4-3-6-16(17)18(26)23-20/h3-4,6-7,9,11,14,22H,5,8,10,12-13H2,1-2H3,(H,23,26)/t14-,20-/m0/s1. The lowest BCUT2D eigenvalue weighted by Crippen LogP contribution is -2.66. The molecule has 0 radical (unpaired) electrons. The van der Waals surface area contributed by atoms with E-state index in [1.54, 1.807) is 6.20 Å². The SMILES string of the molecule is Cc1nccn1C[C@H](C)C(=O)N1CCC[C@@]2(C1)NC(=O)c1ccccc1N2. The van der Waals surface area contributed by atoms with Gasteiger partial charge in [0, 0.05) is 31.2 Å². The zero-order chi connectivity index (χ0) is 19.0. The van der Waals surface area contributed by atoms with Gasteiger partial charge >= 0.3 is 0 Å². The topological polar surface area (TPSA) is 79.3 Å². The van der Waals surface area contributed by atoms with Gasteiger partial charge in [-0.2, -0.15) is 0 Å². The van der Waals surface area contributed by atoms with Crippen molar-refractivity contribution in [2.75, 3.05) is 18.4 Å². The van der Waals surface area contributed by atoms with E-state index >= 15 is 0 Å². The number of hydrogen-bond donors (Lipinski definition) is 2. The Hall–Kier alpha value is -2.83. The minimum atomic E-state index is -0.593. The van der Waals surface area contributed by atoms with E-state index in [-0.39, 0.29) is 17.7 Å². The summed E-state index contributed by atoms with van der Waals surface area (Å²) < 4.78 is 2.00. The number of carbonyl (C=O) groups is 2. The summed E-state index contributed by atoms with van der Waals surface area (Å²) in [4.78, 5) is 31.7. The maximum absolute atomic E-state index is 13.0. The maximum Gasteiger partial charge on any atom is 0.255 e. The fourth-order valence-electron chi connectivity index (χ4n) is 4.09. The molecule has 2 aliphatic heterocycles. The van der Waals surface area contributed by atoms with Gasteiger partial charge in [0.15, 0.2) is 0 Å². The van der Waals surface area contributed by atoms with Gasteiger partial charge in [-0.15, -0.1) is 0 Å². The summed E-state index contributed by atoms with van der Waals surface area (Å²) in [5, 5.41) is 6.59. The van der Waals surface area contributed by atoms with Gasteiger partial charge < -0.3 is 20.1 Å². The third-order valence-electron chi connectivity index (χ3n) is 5.52. The highest BCUT2D eigenvalue weighted by Crippen LogP contribution is 2.31. The van der Waals surface area contributed by atoms with Crippen molar-refractivity contribution in [1.29, 1.82) is 0 Å². The van der Waals surface area contributed by atoms with Crippen LogP contribution >= 0.6 is 0 Å². The van der Waals surface area contributed by atoms with Crippen molar-refractivity contribution in [2.24, 2.45) is 5.92 Å². The Kier molecular flexibility index (Phi) is 4.37. The number of aromatic nitrogens is 2. The number of piperidine rings is 1. The minimum Gasteiger partial charge on any atom is -0.361 e. The molecule has 3 heterocycles. The molecule has 2 aliphatic rings. The Balaban J connectivity index is 1.49. The van der Waals surface area contributed by atoms with Crippen LogP contribution in [0.1, 0.15) is 35.9 Å². The molecule has 27 heavy (non-hydrogen) atoms. The number of carbonyl (C=O) groups excluding carboxylic acids is 2. The van der Waals surface area contributed by atoms with Gasteiger partial charge in [-0.25, -0.2) is 4.98 Å². The number of imidazole rings is 1. The monoisotopic (exact) mass is 367 g/mol. The lowest BCUT2D eigenvalue weighted by Gasteiger charge is -2.47. The van der Waals surface area contributed by atoms with Crippen molar-refractivity contribution >= 4 is 17.5 Å². The summed E-state index contributed by atoms with van der Waals surface area (Å²) in [6, 6.07) is 7.50. The van der Waals surface area contributed by atoms with Crippen LogP contribution in [-0.2, 0) is 11.3 Å². The Morgan fingerprint density at radius 2 is 2.15 bits per heavy atom. The molecule has 0 aliphatic carbocycles.